The molecule has 1 amide bonds. The fourth-order valence-corrected chi connectivity index (χ4v) is 5.20. The third-order valence-electron chi connectivity index (χ3n) is 5.74. The molecule has 1 N–H and O–H groups in total. The van der Waals surface area contributed by atoms with E-state index in [0.717, 1.165) is 28.1 Å². The molecule has 9 nitrogen and oxygen atoms in total. The van der Waals surface area contributed by atoms with Gasteiger partial charge >= 0.3 is 0 Å². The number of aromatic nitrogens is 4. The summed E-state index contributed by atoms with van der Waals surface area (Å²) in [6.07, 6.45) is 2.27. The highest BCUT2D eigenvalue weighted by molar-refractivity contribution is 7.09. The lowest BCUT2D eigenvalue weighted by molar-refractivity contribution is 0.0945. The van der Waals surface area contributed by atoms with Crippen LogP contribution in [0.1, 0.15) is 26.6 Å². The predicted molar refractivity (Wildman–Crippen MR) is 127 cm³/mol. The summed E-state index contributed by atoms with van der Waals surface area (Å²) >= 11 is 2.69. The molecule has 4 aromatic rings. The summed E-state index contributed by atoms with van der Waals surface area (Å²) in [7, 11) is 1.48. The van der Waals surface area contributed by atoms with Gasteiger partial charge in [-0.3, -0.25) is 14.5 Å². The lowest BCUT2D eigenvalue weighted by Gasteiger charge is -2.19. The molecule has 0 fully saturated rings. The Balaban J connectivity index is 1.38. The second-order valence-electron chi connectivity index (χ2n) is 7.75. The molecule has 0 saturated heterocycles. The van der Waals surface area contributed by atoms with E-state index in [2.05, 4.69) is 36.1 Å². The second kappa shape index (κ2) is 9.38. The average molecular weight is 483 g/mol. The zero-order chi connectivity index (χ0) is 22.8. The quantitative estimate of drug-likeness (QED) is 0.450. The van der Waals surface area contributed by atoms with Gasteiger partial charge in [-0.1, -0.05) is 6.07 Å². The number of methoxy groups -OCH3 is 1. The van der Waals surface area contributed by atoms with E-state index < -0.39 is 0 Å². The van der Waals surface area contributed by atoms with Gasteiger partial charge in [-0.15, -0.1) is 11.3 Å². The van der Waals surface area contributed by atoms with Crippen LogP contribution >= 0.6 is 23.1 Å². The van der Waals surface area contributed by atoms with E-state index in [1.165, 1.54) is 36.2 Å². The first-order chi connectivity index (χ1) is 16.1. The van der Waals surface area contributed by atoms with E-state index in [4.69, 9.17) is 4.74 Å². The summed E-state index contributed by atoms with van der Waals surface area (Å²) in [5.41, 5.74) is 3.92. The Labute approximate surface area is 198 Å². The van der Waals surface area contributed by atoms with Gasteiger partial charge in [0.1, 0.15) is 27.4 Å². The lowest BCUT2D eigenvalue weighted by Crippen LogP contribution is -2.31. The Hall–Kier alpha value is -3.15. The van der Waals surface area contributed by atoms with Crippen LogP contribution in [-0.2, 0) is 26.1 Å². The highest BCUT2D eigenvalue weighted by Crippen LogP contribution is 2.24. The number of thiazole rings is 1. The monoisotopic (exact) mass is 482 g/mol. The van der Waals surface area contributed by atoms with Gasteiger partial charge in [-0.05, 0) is 17.7 Å². The molecule has 0 unspecified atom stereocenters. The maximum absolute atomic E-state index is 13.1. The fraction of sp³-hybridized carbons (Fsp3) is 0.318. The van der Waals surface area contributed by atoms with Crippen LogP contribution in [0.25, 0.3) is 11.0 Å². The molecule has 0 bridgehead atoms. The summed E-state index contributed by atoms with van der Waals surface area (Å²) in [5, 5.41) is 5.61. The molecule has 5 rings (SSSR count). The zero-order valence-corrected chi connectivity index (χ0v) is 19.6. The number of carbonyl (C=O) groups excluding carboxylic acids is 1. The molecule has 4 heterocycles. The third-order valence-corrected chi connectivity index (χ3v) is 7.08. The van der Waals surface area contributed by atoms with Gasteiger partial charge in [0, 0.05) is 55.9 Å². The van der Waals surface area contributed by atoms with Crippen LogP contribution in [-0.4, -0.2) is 49.3 Å². The number of nitrogens with one attached hydrogen (secondary N) is 1. The number of fused-ring (bicyclic) bond motifs is 2. The van der Waals surface area contributed by atoms with Crippen molar-refractivity contribution in [3.8, 4) is 5.75 Å². The fourth-order valence-electron chi connectivity index (χ4n) is 4.13. The first-order valence-electron chi connectivity index (χ1n) is 10.5. The van der Waals surface area contributed by atoms with Crippen molar-refractivity contribution in [3.05, 3.63) is 68.0 Å². The minimum absolute atomic E-state index is 0.157. The van der Waals surface area contributed by atoms with Gasteiger partial charge in [0.15, 0.2) is 0 Å². The van der Waals surface area contributed by atoms with E-state index >= 15 is 0 Å². The van der Waals surface area contributed by atoms with Crippen LogP contribution in [0.3, 0.4) is 0 Å². The van der Waals surface area contributed by atoms with Gasteiger partial charge in [-0.2, -0.15) is 8.75 Å². The molecular weight excluding hydrogens is 460 g/mol. The summed E-state index contributed by atoms with van der Waals surface area (Å²) in [6, 6.07) is 7.51. The first kappa shape index (κ1) is 21.7. The van der Waals surface area contributed by atoms with Crippen molar-refractivity contribution in [2.45, 2.75) is 26.1 Å². The molecule has 11 heteroatoms. The van der Waals surface area contributed by atoms with Gasteiger partial charge in [0.05, 0.1) is 25.4 Å². The molecule has 170 valence electrons. The van der Waals surface area contributed by atoms with E-state index in [-0.39, 0.29) is 11.5 Å². The lowest BCUT2D eigenvalue weighted by atomic mass is 10.1. The van der Waals surface area contributed by atoms with Crippen molar-refractivity contribution in [1.82, 2.24) is 28.5 Å². The van der Waals surface area contributed by atoms with Crippen molar-refractivity contribution in [1.29, 1.82) is 0 Å². The molecule has 0 atom stereocenters. The van der Waals surface area contributed by atoms with Crippen LogP contribution in [0, 0.1) is 0 Å². The molecular formula is C22H22N6O3S2. The normalized spacial score (nSPS) is 14.1. The van der Waals surface area contributed by atoms with E-state index in [1.807, 2.05) is 11.4 Å². The Morgan fingerprint density at radius 1 is 1.18 bits per heavy atom. The average Bonchev–Trinajstić information content (AvgIpc) is 3.47. The van der Waals surface area contributed by atoms with Crippen LogP contribution < -0.4 is 15.6 Å². The zero-order valence-electron chi connectivity index (χ0n) is 18.0. The minimum Gasteiger partial charge on any atom is -0.496 e. The number of benzene rings is 1. The van der Waals surface area contributed by atoms with Gasteiger partial charge < -0.3 is 14.6 Å². The van der Waals surface area contributed by atoms with Gasteiger partial charge in [-0.25, -0.2) is 4.98 Å². The summed E-state index contributed by atoms with van der Waals surface area (Å²) < 4.78 is 15.7. The number of pyridine rings is 1. The summed E-state index contributed by atoms with van der Waals surface area (Å²) in [4.78, 5) is 32.4. The van der Waals surface area contributed by atoms with Crippen molar-refractivity contribution in [2.24, 2.45) is 0 Å². The largest absolute Gasteiger partial charge is 0.496 e. The molecule has 3 aromatic heterocycles. The standard InChI is InChI=1S/C22H22N6O3S2/c1-31-18-11-20(29)28-8-7-27(13-14-2-3-15-16(10-14)26-33-25-15)6-4-17(28)21(18)22(30)24-12-19-23-5-9-32-19/h2-3,5,9-11H,4,6-8,12-13H2,1H3,(H,24,30). The Bertz CT molecular complexity index is 1350. The van der Waals surface area contributed by atoms with Crippen LogP contribution in [0.15, 0.2) is 40.6 Å². The molecule has 0 aliphatic carbocycles. The van der Waals surface area contributed by atoms with Crippen molar-refractivity contribution >= 4 is 40.0 Å². The molecule has 0 radical (unpaired) electrons. The second-order valence-corrected chi connectivity index (χ2v) is 9.25. The molecule has 33 heavy (non-hydrogen) atoms. The smallest absolute Gasteiger partial charge is 0.257 e. The van der Waals surface area contributed by atoms with E-state index in [9.17, 15) is 9.59 Å². The number of nitrogens with zero attached hydrogens (tertiary/aromatic N) is 5. The number of rotatable bonds is 6. The maximum Gasteiger partial charge on any atom is 0.257 e. The topological polar surface area (TPSA) is 102 Å². The molecule has 0 saturated carbocycles. The maximum atomic E-state index is 13.1. The summed E-state index contributed by atoms with van der Waals surface area (Å²) in [6.45, 7) is 2.99. The highest BCUT2D eigenvalue weighted by atomic mass is 32.1. The van der Waals surface area contributed by atoms with Gasteiger partial charge in [0.25, 0.3) is 11.5 Å². The van der Waals surface area contributed by atoms with Crippen LogP contribution in [0.2, 0.25) is 0 Å². The van der Waals surface area contributed by atoms with Crippen LogP contribution in [0.4, 0.5) is 0 Å². The Morgan fingerprint density at radius 3 is 2.88 bits per heavy atom. The molecule has 1 aliphatic heterocycles. The van der Waals surface area contributed by atoms with Crippen molar-refractivity contribution in [3.63, 3.8) is 0 Å². The van der Waals surface area contributed by atoms with Crippen LogP contribution in [0.5, 0.6) is 5.75 Å². The van der Waals surface area contributed by atoms with Crippen molar-refractivity contribution in [2.75, 3.05) is 20.2 Å². The summed E-state index contributed by atoms with van der Waals surface area (Å²) in [5.74, 6) is 0.0403. The number of carbonyl (C=O) groups is 1. The molecule has 0 spiro atoms. The number of ether oxygens (including phenoxy) is 1. The minimum atomic E-state index is -0.263. The number of hydrogen-bond donors (Lipinski definition) is 1. The molecule has 1 aromatic carbocycles. The van der Waals surface area contributed by atoms with Gasteiger partial charge in [0.2, 0.25) is 0 Å². The Kier molecular flexibility index (Phi) is 6.16. The Morgan fingerprint density at radius 2 is 2.06 bits per heavy atom. The predicted octanol–water partition coefficient (Wildman–Crippen LogP) is 2.31. The van der Waals surface area contributed by atoms with E-state index in [0.29, 0.717) is 49.6 Å². The third kappa shape index (κ3) is 4.52. The molecule has 1 aliphatic rings. The first-order valence-corrected chi connectivity index (χ1v) is 12.1. The number of amides is 1. The van der Waals surface area contributed by atoms with E-state index in [1.54, 1.807) is 10.8 Å². The number of hydrogen-bond acceptors (Lipinski definition) is 9. The van der Waals surface area contributed by atoms with Crippen molar-refractivity contribution < 1.29 is 9.53 Å². The SMILES string of the molecule is COc1cc(=O)n2c(c1C(=O)NCc1nccs1)CCN(Cc1ccc3nsnc3c1)CC2. The highest BCUT2D eigenvalue weighted by Gasteiger charge is 2.25.